The monoisotopic (exact) mass is 313 g/mol. The van der Waals surface area contributed by atoms with Gasteiger partial charge in [-0.15, -0.1) is 5.10 Å². The number of aryl methyl sites for hydroxylation is 1. The van der Waals surface area contributed by atoms with Crippen LogP contribution in [0.25, 0.3) is 0 Å². The summed E-state index contributed by atoms with van der Waals surface area (Å²) in [7, 11) is 1.78. The second kappa shape index (κ2) is 5.21. The summed E-state index contributed by atoms with van der Waals surface area (Å²) in [6.45, 7) is 2.30. The van der Waals surface area contributed by atoms with Crippen LogP contribution in [-0.2, 0) is 7.05 Å². The SMILES string of the molecule is CCOc1n[nH]c(NC(=O)c2cc(Br)cn2C)n1. The molecule has 0 fully saturated rings. The summed E-state index contributed by atoms with van der Waals surface area (Å²) in [5.74, 6) is -0.0248. The highest BCUT2D eigenvalue weighted by Crippen LogP contribution is 2.15. The molecule has 8 heteroatoms. The Labute approximate surface area is 112 Å². The molecule has 0 radical (unpaired) electrons. The van der Waals surface area contributed by atoms with Crippen molar-refractivity contribution in [1.82, 2.24) is 19.7 Å². The molecule has 2 heterocycles. The molecule has 0 aliphatic rings. The maximum atomic E-state index is 11.9. The van der Waals surface area contributed by atoms with E-state index in [0.717, 1.165) is 4.47 Å². The zero-order chi connectivity index (χ0) is 13.1. The first-order valence-corrected chi connectivity index (χ1v) is 6.08. The summed E-state index contributed by atoms with van der Waals surface area (Å²) >= 11 is 3.30. The van der Waals surface area contributed by atoms with E-state index < -0.39 is 0 Å². The van der Waals surface area contributed by atoms with E-state index in [1.807, 2.05) is 6.92 Å². The van der Waals surface area contributed by atoms with Gasteiger partial charge in [0.25, 0.3) is 5.91 Å². The van der Waals surface area contributed by atoms with Crippen molar-refractivity contribution in [3.63, 3.8) is 0 Å². The van der Waals surface area contributed by atoms with Crippen molar-refractivity contribution in [1.29, 1.82) is 0 Å². The number of halogens is 1. The predicted octanol–water partition coefficient (Wildman–Crippen LogP) is 1.56. The second-order valence-electron chi connectivity index (χ2n) is 3.51. The van der Waals surface area contributed by atoms with Crippen LogP contribution in [0.3, 0.4) is 0 Å². The van der Waals surface area contributed by atoms with Gasteiger partial charge in [-0.3, -0.25) is 10.1 Å². The fourth-order valence-electron chi connectivity index (χ4n) is 1.42. The van der Waals surface area contributed by atoms with Crippen molar-refractivity contribution in [2.24, 2.45) is 7.05 Å². The van der Waals surface area contributed by atoms with Crippen molar-refractivity contribution in [3.8, 4) is 6.01 Å². The summed E-state index contributed by atoms with van der Waals surface area (Å²) < 4.78 is 7.63. The minimum absolute atomic E-state index is 0.209. The van der Waals surface area contributed by atoms with Gasteiger partial charge in [0.2, 0.25) is 5.95 Å². The van der Waals surface area contributed by atoms with E-state index in [2.05, 4.69) is 36.4 Å². The Hall–Kier alpha value is -1.83. The molecule has 0 atom stereocenters. The van der Waals surface area contributed by atoms with Gasteiger partial charge in [0.05, 0.1) is 6.61 Å². The lowest BCUT2D eigenvalue weighted by molar-refractivity contribution is 0.101. The minimum atomic E-state index is -0.276. The average molecular weight is 314 g/mol. The highest BCUT2D eigenvalue weighted by molar-refractivity contribution is 9.10. The van der Waals surface area contributed by atoms with Crippen LogP contribution in [0.15, 0.2) is 16.7 Å². The predicted molar refractivity (Wildman–Crippen MR) is 68.6 cm³/mol. The van der Waals surface area contributed by atoms with E-state index in [-0.39, 0.29) is 17.9 Å². The molecular formula is C10H12BrN5O2. The smallest absolute Gasteiger partial charge is 0.337 e. The molecule has 2 aromatic heterocycles. The van der Waals surface area contributed by atoms with E-state index in [9.17, 15) is 4.79 Å². The minimum Gasteiger partial charge on any atom is -0.463 e. The zero-order valence-electron chi connectivity index (χ0n) is 9.90. The molecule has 0 spiro atoms. The van der Waals surface area contributed by atoms with Crippen LogP contribution in [-0.4, -0.2) is 32.3 Å². The molecule has 2 N–H and O–H groups in total. The first kappa shape index (κ1) is 12.6. The van der Waals surface area contributed by atoms with E-state index >= 15 is 0 Å². The molecule has 0 aliphatic carbocycles. The number of hydrogen-bond donors (Lipinski definition) is 2. The molecule has 0 saturated carbocycles. The number of ether oxygens (including phenoxy) is 1. The average Bonchev–Trinajstić information content (AvgIpc) is 2.86. The number of carbonyl (C=O) groups is 1. The molecule has 0 unspecified atom stereocenters. The third-order valence-corrected chi connectivity index (χ3v) is 2.61. The quantitative estimate of drug-likeness (QED) is 0.897. The zero-order valence-corrected chi connectivity index (χ0v) is 11.5. The summed E-state index contributed by atoms with van der Waals surface area (Å²) in [6.07, 6.45) is 1.79. The molecular weight excluding hydrogens is 302 g/mol. The van der Waals surface area contributed by atoms with Crippen LogP contribution in [0.4, 0.5) is 5.95 Å². The molecule has 0 saturated heterocycles. The maximum absolute atomic E-state index is 11.9. The van der Waals surface area contributed by atoms with Crippen LogP contribution in [0.1, 0.15) is 17.4 Å². The van der Waals surface area contributed by atoms with E-state index in [1.165, 1.54) is 0 Å². The number of nitrogens with zero attached hydrogens (tertiary/aromatic N) is 3. The van der Waals surface area contributed by atoms with Crippen LogP contribution in [0, 0.1) is 0 Å². The number of hydrogen-bond acceptors (Lipinski definition) is 4. The van der Waals surface area contributed by atoms with Crippen molar-refractivity contribution >= 4 is 27.8 Å². The Kier molecular flexibility index (Phi) is 3.66. The van der Waals surface area contributed by atoms with E-state index in [4.69, 9.17) is 4.74 Å². The molecule has 2 aromatic rings. The van der Waals surface area contributed by atoms with Crippen LogP contribution in [0.2, 0.25) is 0 Å². The molecule has 1 amide bonds. The van der Waals surface area contributed by atoms with Gasteiger partial charge in [0, 0.05) is 17.7 Å². The standard InChI is InChI=1S/C10H12BrN5O2/c1-3-18-10-13-9(14-15-10)12-8(17)7-4-6(11)5-16(7)2/h4-5H,3H2,1-2H3,(H2,12,13,14,15,17). The number of aromatic nitrogens is 4. The van der Waals surface area contributed by atoms with Crippen molar-refractivity contribution in [3.05, 3.63) is 22.4 Å². The number of nitrogens with one attached hydrogen (secondary N) is 2. The fourth-order valence-corrected chi connectivity index (χ4v) is 1.94. The molecule has 2 rings (SSSR count). The third-order valence-electron chi connectivity index (χ3n) is 2.17. The van der Waals surface area contributed by atoms with Gasteiger partial charge in [0.15, 0.2) is 0 Å². The Morgan fingerprint density at radius 2 is 2.44 bits per heavy atom. The van der Waals surface area contributed by atoms with Crippen molar-refractivity contribution in [2.75, 3.05) is 11.9 Å². The number of carbonyl (C=O) groups excluding carboxylic acids is 1. The van der Waals surface area contributed by atoms with Gasteiger partial charge in [0.1, 0.15) is 5.69 Å². The summed E-state index contributed by atoms with van der Waals surface area (Å²) in [5.41, 5.74) is 0.510. The topological polar surface area (TPSA) is 84.8 Å². The first-order valence-electron chi connectivity index (χ1n) is 5.28. The summed E-state index contributed by atoms with van der Waals surface area (Å²) in [5, 5.41) is 8.97. The fraction of sp³-hybridized carbons (Fsp3) is 0.300. The second-order valence-corrected chi connectivity index (χ2v) is 4.42. The Morgan fingerprint density at radius 3 is 3.06 bits per heavy atom. The molecule has 0 aromatic carbocycles. The number of rotatable bonds is 4. The van der Waals surface area contributed by atoms with Gasteiger partial charge in [-0.25, -0.2) is 5.10 Å². The number of H-pyrrole nitrogens is 1. The number of aromatic amines is 1. The Morgan fingerprint density at radius 1 is 1.67 bits per heavy atom. The molecule has 7 nitrogen and oxygen atoms in total. The van der Waals surface area contributed by atoms with Crippen LogP contribution < -0.4 is 10.1 Å². The van der Waals surface area contributed by atoms with Crippen LogP contribution >= 0.6 is 15.9 Å². The van der Waals surface area contributed by atoms with E-state index in [0.29, 0.717) is 12.3 Å². The Bertz CT molecular complexity index is 562. The van der Waals surface area contributed by atoms with Crippen molar-refractivity contribution in [2.45, 2.75) is 6.92 Å². The molecule has 0 bridgehead atoms. The van der Waals surface area contributed by atoms with Gasteiger partial charge in [-0.2, -0.15) is 4.98 Å². The third kappa shape index (κ3) is 2.70. The molecule has 96 valence electrons. The van der Waals surface area contributed by atoms with Crippen molar-refractivity contribution < 1.29 is 9.53 Å². The highest BCUT2D eigenvalue weighted by atomic mass is 79.9. The number of anilines is 1. The molecule has 0 aliphatic heterocycles. The maximum Gasteiger partial charge on any atom is 0.337 e. The lowest BCUT2D eigenvalue weighted by Gasteiger charge is -2.01. The van der Waals surface area contributed by atoms with E-state index in [1.54, 1.807) is 23.9 Å². The lowest BCUT2D eigenvalue weighted by Crippen LogP contribution is -2.16. The molecule has 18 heavy (non-hydrogen) atoms. The number of amides is 1. The normalized spacial score (nSPS) is 10.4. The van der Waals surface area contributed by atoms with Gasteiger partial charge < -0.3 is 9.30 Å². The first-order chi connectivity index (χ1) is 8.60. The lowest BCUT2D eigenvalue weighted by atomic mass is 10.4. The van der Waals surface area contributed by atoms with Crippen LogP contribution in [0.5, 0.6) is 6.01 Å². The highest BCUT2D eigenvalue weighted by Gasteiger charge is 2.13. The van der Waals surface area contributed by atoms with Gasteiger partial charge >= 0.3 is 6.01 Å². The van der Waals surface area contributed by atoms with Gasteiger partial charge in [-0.1, -0.05) is 0 Å². The summed E-state index contributed by atoms with van der Waals surface area (Å²) in [6, 6.07) is 1.93. The van der Waals surface area contributed by atoms with Gasteiger partial charge in [-0.05, 0) is 28.9 Å². The Balaban J connectivity index is 2.08. The summed E-state index contributed by atoms with van der Waals surface area (Å²) in [4.78, 5) is 15.9. The largest absolute Gasteiger partial charge is 0.463 e.